The van der Waals surface area contributed by atoms with Gasteiger partial charge >= 0.3 is 13.4 Å². The lowest BCUT2D eigenvalue weighted by Crippen LogP contribution is -2.33. The highest BCUT2D eigenvalue weighted by atomic mass is 16.5. The van der Waals surface area contributed by atoms with E-state index in [4.69, 9.17) is 9.16 Å². The van der Waals surface area contributed by atoms with Crippen LogP contribution in [0.5, 0.6) is 5.75 Å². The van der Waals surface area contributed by atoms with E-state index >= 15 is 0 Å². The fraction of sp³-hybridized carbons (Fsp3) is 0.0952. The van der Waals surface area contributed by atoms with Gasteiger partial charge in [0, 0.05) is 5.56 Å². The molecule has 0 saturated carbocycles. The molecule has 0 radical (unpaired) electrons. The number of carbonyl (C=O) groups excluding carboxylic acids is 1. The van der Waals surface area contributed by atoms with Crippen molar-refractivity contribution in [3.05, 3.63) is 95.6 Å². The van der Waals surface area contributed by atoms with Crippen molar-refractivity contribution in [1.29, 1.82) is 0 Å². The minimum Gasteiger partial charge on any atom is -0.489 e. The molecule has 0 aliphatic carbocycles. The van der Waals surface area contributed by atoms with E-state index in [1.54, 1.807) is 18.2 Å². The largest absolute Gasteiger partial charge is 0.489 e. The molecule has 0 fully saturated rings. The molecule has 0 aliphatic rings. The third kappa shape index (κ3) is 5.05. The summed E-state index contributed by atoms with van der Waals surface area (Å²) in [5.41, 5.74) is 3.03. The highest BCUT2D eigenvalue weighted by Gasteiger charge is 2.18. The van der Waals surface area contributed by atoms with Gasteiger partial charge in [-0.25, -0.2) is 0 Å². The van der Waals surface area contributed by atoms with Crippen molar-refractivity contribution in [1.82, 2.24) is 0 Å². The number of aldehydes is 1. The summed E-state index contributed by atoms with van der Waals surface area (Å²) >= 11 is 0. The maximum absolute atomic E-state index is 9.56. The van der Waals surface area contributed by atoms with Crippen molar-refractivity contribution in [2.45, 2.75) is 13.2 Å². The molecule has 2 N–H and O–H groups in total. The topological polar surface area (TPSA) is 61.0 Å². The Morgan fingerprint density at radius 2 is 1.50 bits per heavy atom. The molecule has 3 aromatic carbocycles. The van der Waals surface area contributed by atoms with Gasteiger partial charge in [-0.2, -0.15) is 0 Å². The molecule has 3 rings (SSSR count). The second kappa shape index (κ2) is 8.99. The number of rotatable bonds is 7. The van der Waals surface area contributed by atoms with E-state index in [2.05, 4.69) is 0 Å². The van der Waals surface area contributed by atoms with Crippen LogP contribution in [0.25, 0.3) is 0 Å². The Kier molecular flexibility index (Phi) is 6.20. The van der Waals surface area contributed by atoms with Crippen LogP contribution in [0.2, 0.25) is 0 Å². The van der Waals surface area contributed by atoms with Gasteiger partial charge in [-0.05, 0) is 35.3 Å². The van der Waals surface area contributed by atoms with Crippen LogP contribution in [0.1, 0.15) is 21.1 Å². The molecule has 0 unspecified atom stereocenters. The van der Waals surface area contributed by atoms with Crippen LogP contribution < -0.4 is 10.2 Å². The molecule has 0 aromatic heterocycles. The summed E-state index contributed by atoms with van der Waals surface area (Å²) in [5, 5.41) is 19.1. The smallest absolute Gasteiger partial charge is 0.489 e. The summed E-state index contributed by atoms with van der Waals surface area (Å²) in [7, 11) is -1.58. The van der Waals surface area contributed by atoms with Gasteiger partial charge in [-0.3, -0.25) is 4.42 Å². The molecule has 3 aromatic rings. The summed E-state index contributed by atoms with van der Waals surface area (Å²) < 4.78 is 11.4. The zero-order chi connectivity index (χ0) is 18.2. The van der Waals surface area contributed by atoms with Crippen molar-refractivity contribution in [3.8, 4) is 5.75 Å². The average Bonchev–Trinajstić information content (AvgIpc) is 2.68. The first kappa shape index (κ1) is 17.9. The van der Waals surface area contributed by atoms with Gasteiger partial charge in [0.1, 0.15) is 12.4 Å². The fourth-order valence-corrected chi connectivity index (χ4v) is 2.52. The highest BCUT2D eigenvalue weighted by Crippen LogP contribution is 2.14. The summed E-state index contributed by atoms with van der Waals surface area (Å²) in [6.07, 6.45) is 1.52. The van der Waals surface area contributed by atoms with Gasteiger partial charge in [-0.15, -0.1) is 0 Å². The molecule has 0 heterocycles. The third-order valence-electron chi connectivity index (χ3n) is 3.89. The molecule has 0 saturated heterocycles. The predicted octanol–water partition coefficient (Wildman–Crippen LogP) is 2.49. The molecule has 4 nitrogen and oxygen atoms in total. The van der Waals surface area contributed by atoms with Crippen molar-refractivity contribution < 1.29 is 19.2 Å². The lowest BCUT2D eigenvalue weighted by molar-refractivity contribution is -0.282. The third-order valence-corrected chi connectivity index (χ3v) is 3.89. The summed E-state index contributed by atoms with van der Waals surface area (Å²) in [6.45, 7) is 0.836. The maximum Gasteiger partial charge on any atom is 0.489 e. The Bertz CT molecular complexity index is 848. The quantitative estimate of drug-likeness (QED) is 0.392. The lowest BCUT2D eigenvalue weighted by atomic mass is 9.77. The molecule has 0 atom stereocenters. The summed E-state index contributed by atoms with van der Waals surface area (Å²) in [6, 6.07) is 24.7. The number of benzene rings is 3. The van der Waals surface area contributed by atoms with E-state index in [0.717, 1.165) is 11.1 Å². The molecule has 26 heavy (non-hydrogen) atoms. The van der Waals surface area contributed by atoms with Crippen LogP contribution in [0.15, 0.2) is 78.9 Å². The van der Waals surface area contributed by atoms with Crippen LogP contribution >= 0.6 is 0 Å². The first-order chi connectivity index (χ1) is 12.7. The van der Waals surface area contributed by atoms with Gasteiger partial charge in [0.05, 0.1) is 5.56 Å². The second-order valence-corrected chi connectivity index (χ2v) is 5.85. The Morgan fingerprint density at radius 3 is 2.15 bits per heavy atom. The Morgan fingerprint density at radius 1 is 0.846 bits per heavy atom. The van der Waals surface area contributed by atoms with Crippen LogP contribution in [0, 0.1) is 0 Å². The molecular weight excluding hydrogens is 327 g/mol. The number of hydrogen-bond acceptors (Lipinski definition) is 3. The molecule has 0 amide bonds. The standard InChI is InChI=1S/C21H20BO4/c23-22(24)21-12-11-20(26-15-18-9-5-2-6-10-18)13-19(21)16-25-14-17-7-3-1-4-8-17/h1-13,16,23-24H,14-15H2/q+1. The van der Waals surface area contributed by atoms with Gasteiger partial charge in [0.2, 0.25) is 0 Å². The van der Waals surface area contributed by atoms with E-state index in [0.29, 0.717) is 30.0 Å². The number of hydrogen-bond donors (Lipinski definition) is 2. The lowest BCUT2D eigenvalue weighted by Gasteiger charge is -2.08. The zero-order valence-electron chi connectivity index (χ0n) is 14.3. The Balaban J connectivity index is 1.73. The van der Waals surface area contributed by atoms with Gasteiger partial charge in [0.25, 0.3) is 6.61 Å². The molecule has 5 heteroatoms. The van der Waals surface area contributed by atoms with E-state index < -0.39 is 7.12 Å². The van der Waals surface area contributed by atoms with E-state index in [1.807, 2.05) is 60.7 Å². The van der Waals surface area contributed by atoms with Gasteiger partial charge in [0.15, 0.2) is 0 Å². The van der Waals surface area contributed by atoms with Crippen LogP contribution in [0.4, 0.5) is 0 Å². The molecule has 0 bridgehead atoms. The average molecular weight is 347 g/mol. The van der Waals surface area contributed by atoms with Crippen molar-refractivity contribution in [2.24, 2.45) is 0 Å². The molecule has 130 valence electrons. The SMILES string of the molecule is OB(O)c1ccc(OCc2ccccc2)cc1C=[O+]Cc1ccccc1. The predicted molar refractivity (Wildman–Crippen MR) is 103 cm³/mol. The molecule has 0 aliphatic heterocycles. The summed E-state index contributed by atoms with van der Waals surface area (Å²) in [4.78, 5) is 0. The Hall–Kier alpha value is -2.89. The van der Waals surface area contributed by atoms with E-state index in [9.17, 15) is 10.0 Å². The van der Waals surface area contributed by atoms with Gasteiger partial charge in [-0.1, -0.05) is 54.6 Å². The first-order valence-electron chi connectivity index (χ1n) is 8.38. The van der Waals surface area contributed by atoms with Crippen LogP contribution in [-0.2, 0) is 13.2 Å². The molecule has 0 spiro atoms. The second-order valence-electron chi connectivity index (χ2n) is 5.85. The van der Waals surface area contributed by atoms with E-state index in [1.165, 1.54) is 6.29 Å². The fourth-order valence-electron chi connectivity index (χ4n) is 2.52. The monoisotopic (exact) mass is 347 g/mol. The van der Waals surface area contributed by atoms with Crippen molar-refractivity contribution in [3.63, 3.8) is 0 Å². The van der Waals surface area contributed by atoms with Crippen molar-refractivity contribution >= 4 is 18.9 Å². The number of ether oxygens (including phenoxy) is 1. The van der Waals surface area contributed by atoms with Crippen molar-refractivity contribution in [2.75, 3.05) is 0 Å². The zero-order valence-corrected chi connectivity index (χ0v) is 14.3. The molecular formula is C21H20BO4+. The Labute approximate surface area is 153 Å². The highest BCUT2D eigenvalue weighted by molar-refractivity contribution is 6.60. The van der Waals surface area contributed by atoms with Gasteiger partial charge < -0.3 is 14.8 Å². The normalized spacial score (nSPS) is 10.8. The van der Waals surface area contributed by atoms with E-state index in [-0.39, 0.29) is 0 Å². The first-order valence-corrected chi connectivity index (χ1v) is 8.38. The summed E-state index contributed by atoms with van der Waals surface area (Å²) in [5.74, 6) is 0.632. The maximum atomic E-state index is 9.56. The van der Waals surface area contributed by atoms with Crippen LogP contribution in [0.3, 0.4) is 0 Å². The minimum atomic E-state index is -1.58. The van der Waals surface area contributed by atoms with Crippen LogP contribution in [-0.4, -0.2) is 23.5 Å². The minimum absolute atomic E-state index is 0.366.